The van der Waals surface area contributed by atoms with Gasteiger partial charge in [-0.15, -0.1) is 5.10 Å². The SMILES string of the molecule is CC1CC(C)C(C)N(c2n[nH]c(=S)n2C2CCCC2)C1. The van der Waals surface area contributed by atoms with Gasteiger partial charge in [-0.2, -0.15) is 0 Å². The zero-order chi connectivity index (χ0) is 14.3. The van der Waals surface area contributed by atoms with Crippen LogP contribution in [0.4, 0.5) is 5.95 Å². The summed E-state index contributed by atoms with van der Waals surface area (Å²) in [6.45, 7) is 8.12. The van der Waals surface area contributed by atoms with E-state index in [2.05, 4.69) is 40.4 Å². The van der Waals surface area contributed by atoms with E-state index in [1.165, 1.54) is 32.1 Å². The van der Waals surface area contributed by atoms with Crippen LogP contribution in [0, 0.1) is 16.6 Å². The Morgan fingerprint density at radius 1 is 1.20 bits per heavy atom. The molecule has 112 valence electrons. The Morgan fingerprint density at radius 3 is 2.60 bits per heavy atom. The Bertz CT molecular complexity index is 514. The number of anilines is 1. The minimum atomic E-state index is 0.538. The molecule has 4 nitrogen and oxygen atoms in total. The molecule has 1 aromatic heterocycles. The van der Waals surface area contributed by atoms with Gasteiger partial charge in [-0.25, -0.2) is 5.10 Å². The standard InChI is InChI=1S/C15H26N4S/c1-10-8-11(2)12(3)18(9-10)14-16-17-15(20)19(14)13-6-4-5-7-13/h10-13H,4-9H2,1-3H3,(H,17,20). The highest BCUT2D eigenvalue weighted by atomic mass is 32.1. The first-order valence-electron chi connectivity index (χ1n) is 8.01. The predicted molar refractivity (Wildman–Crippen MR) is 84.7 cm³/mol. The number of hydrogen-bond acceptors (Lipinski definition) is 3. The fourth-order valence-electron chi connectivity index (χ4n) is 3.97. The molecule has 5 heteroatoms. The maximum Gasteiger partial charge on any atom is 0.226 e. The molecule has 3 rings (SSSR count). The topological polar surface area (TPSA) is 36.9 Å². The third-order valence-corrected chi connectivity index (χ3v) is 5.52. The first-order chi connectivity index (χ1) is 9.58. The summed E-state index contributed by atoms with van der Waals surface area (Å²) >= 11 is 5.49. The third kappa shape index (κ3) is 2.41. The second kappa shape index (κ2) is 5.51. The maximum atomic E-state index is 5.49. The molecule has 2 fully saturated rings. The van der Waals surface area contributed by atoms with Gasteiger partial charge in [0.15, 0.2) is 4.77 Å². The Morgan fingerprint density at radius 2 is 1.90 bits per heavy atom. The number of nitrogens with zero attached hydrogens (tertiary/aromatic N) is 3. The van der Waals surface area contributed by atoms with Crippen LogP contribution in [0.3, 0.4) is 0 Å². The van der Waals surface area contributed by atoms with Gasteiger partial charge in [0.25, 0.3) is 0 Å². The summed E-state index contributed by atoms with van der Waals surface area (Å²) in [6, 6.07) is 1.09. The van der Waals surface area contributed by atoms with Crippen LogP contribution in [0.15, 0.2) is 0 Å². The zero-order valence-corrected chi connectivity index (χ0v) is 13.6. The Balaban J connectivity index is 1.95. The molecule has 0 spiro atoms. The molecule has 1 N–H and O–H groups in total. The number of rotatable bonds is 2. The Labute approximate surface area is 126 Å². The molecule has 1 saturated heterocycles. The molecule has 0 bridgehead atoms. The minimum Gasteiger partial charge on any atom is -0.338 e. The van der Waals surface area contributed by atoms with Gasteiger partial charge in [0.1, 0.15) is 0 Å². The summed E-state index contributed by atoms with van der Waals surface area (Å²) in [4.78, 5) is 2.48. The average molecular weight is 294 g/mol. The average Bonchev–Trinajstić information content (AvgIpc) is 3.02. The van der Waals surface area contributed by atoms with Crippen molar-refractivity contribution in [1.82, 2.24) is 14.8 Å². The van der Waals surface area contributed by atoms with E-state index in [9.17, 15) is 0 Å². The van der Waals surface area contributed by atoms with E-state index in [0.717, 1.165) is 23.2 Å². The van der Waals surface area contributed by atoms with Crippen LogP contribution in [0.2, 0.25) is 0 Å². The summed E-state index contributed by atoms with van der Waals surface area (Å²) in [5, 5.41) is 7.61. The highest BCUT2D eigenvalue weighted by molar-refractivity contribution is 7.71. The molecule has 0 aromatic carbocycles. The van der Waals surface area contributed by atoms with E-state index in [1.807, 2.05) is 0 Å². The minimum absolute atomic E-state index is 0.538. The predicted octanol–water partition coefficient (Wildman–Crippen LogP) is 3.93. The lowest BCUT2D eigenvalue weighted by Gasteiger charge is -2.41. The van der Waals surface area contributed by atoms with Crippen LogP contribution < -0.4 is 4.90 Å². The third-order valence-electron chi connectivity index (χ3n) is 5.23. The molecular formula is C15H26N4S. The highest BCUT2D eigenvalue weighted by Gasteiger charge is 2.33. The molecular weight excluding hydrogens is 268 g/mol. The van der Waals surface area contributed by atoms with E-state index in [0.29, 0.717) is 18.0 Å². The van der Waals surface area contributed by atoms with Gasteiger partial charge in [0.05, 0.1) is 0 Å². The molecule has 1 aliphatic carbocycles. The van der Waals surface area contributed by atoms with E-state index in [1.54, 1.807) is 0 Å². The van der Waals surface area contributed by atoms with E-state index in [4.69, 9.17) is 12.2 Å². The molecule has 3 unspecified atom stereocenters. The molecule has 1 aromatic rings. The lowest BCUT2D eigenvalue weighted by molar-refractivity contribution is 0.290. The largest absolute Gasteiger partial charge is 0.338 e. The quantitative estimate of drug-likeness (QED) is 0.840. The summed E-state index contributed by atoms with van der Waals surface area (Å²) in [5.74, 6) is 2.51. The number of H-pyrrole nitrogens is 1. The molecule has 2 heterocycles. The van der Waals surface area contributed by atoms with Crippen LogP contribution >= 0.6 is 12.2 Å². The van der Waals surface area contributed by atoms with Gasteiger partial charge in [0, 0.05) is 18.6 Å². The van der Waals surface area contributed by atoms with Crippen molar-refractivity contribution in [1.29, 1.82) is 0 Å². The molecule has 20 heavy (non-hydrogen) atoms. The van der Waals surface area contributed by atoms with Gasteiger partial charge in [-0.3, -0.25) is 4.57 Å². The lowest BCUT2D eigenvalue weighted by Crippen LogP contribution is -2.47. The summed E-state index contributed by atoms with van der Waals surface area (Å²) in [6.07, 6.45) is 6.44. The van der Waals surface area contributed by atoms with E-state index in [-0.39, 0.29) is 0 Å². The van der Waals surface area contributed by atoms with Gasteiger partial charge in [-0.05, 0) is 50.2 Å². The lowest BCUT2D eigenvalue weighted by atomic mass is 9.86. The first-order valence-corrected chi connectivity index (χ1v) is 8.42. The van der Waals surface area contributed by atoms with Crippen LogP contribution in [0.1, 0.15) is 58.9 Å². The van der Waals surface area contributed by atoms with Crippen molar-refractivity contribution >= 4 is 18.2 Å². The summed E-state index contributed by atoms with van der Waals surface area (Å²) in [5.41, 5.74) is 0. The van der Waals surface area contributed by atoms with Crippen LogP contribution in [0.25, 0.3) is 0 Å². The molecule has 3 atom stereocenters. The monoisotopic (exact) mass is 294 g/mol. The van der Waals surface area contributed by atoms with Crippen LogP contribution in [-0.4, -0.2) is 27.4 Å². The number of piperidine rings is 1. The Kier molecular flexibility index (Phi) is 3.89. The van der Waals surface area contributed by atoms with Crippen molar-refractivity contribution < 1.29 is 0 Å². The first kappa shape index (κ1) is 14.1. The number of hydrogen-bond donors (Lipinski definition) is 1. The second-order valence-electron chi connectivity index (χ2n) is 6.85. The smallest absolute Gasteiger partial charge is 0.226 e. The summed E-state index contributed by atoms with van der Waals surface area (Å²) in [7, 11) is 0. The van der Waals surface area contributed by atoms with Gasteiger partial charge >= 0.3 is 0 Å². The normalized spacial score (nSPS) is 31.9. The molecule has 2 aliphatic rings. The number of aromatic nitrogens is 3. The van der Waals surface area contributed by atoms with Crippen molar-refractivity contribution in [3.63, 3.8) is 0 Å². The van der Waals surface area contributed by atoms with E-state index < -0.39 is 0 Å². The molecule has 0 radical (unpaired) electrons. The molecule has 1 aliphatic heterocycles. The van der Waals surface area contributed by atoms with Gasteiger partial charge in [0.2, 0.25) is 5.95 Å². The highest BCUT2D eigenvalue weighted by Crippen LogP contribution is 2.36. The Hall–Kier alpha value is -0.840. The van der Waals surface area contributed by atoms with E-state index >= 15 is 0 Å². The zero-order valence-electron chi connectivity index (χ0n) is 12.8. The maximum absolute atomic E-state index is 5.49. The number of nitrogens with one attached hydrogen (secondary N) is 1. The van der Waals surface area contributed by atoms with Crippen molar-refractivity contribution in [3.05, 3.63) is 4.77 Å². The number of aromatic amines is 1. The van der Waals surface area contributed by atoms with Crippen molar-refractivity contribution in [2.45, 2.75) is 65.0 Å². The van der Waals surface area contributed by atoms with Crippen molar-refractivity contribution in [3.8, 4) is 0 Å². The molecule has 1 saturated carbocycles. The molecule has 0 amide bonds. The van der Waals surface area contributed by atoms with Crippen molar-refractivity contribution in [2.75, 3.05) is 11.4 Å². The fourth-order valence-corrected chi connectivity index (χ4v) is 4.25. The fraction of sp³-hybridized carbons (Fsp3) is 0.867. The van der Waals surface area contributed by atoms with Crippen molar-refractivity contribution in [2.24, 2.45) is 11.8 Å². The summed E-state index contributed by atoms with van der Waals surface area (Å²) < 4.78 is 3.09. The van der Waals surface area contributed by atoms with Gasteiger partial charge < -0.3 is 4.90 Å². The van der Waals surface area contributed by atoms with Crippen LogP contribution in [-0.2, 0) is 0 Å². The van der Waals surface area contributed by atoms with Crippen LogP contribution in [0.5, 0.6) is 0 Å². The second-order valence-corrected chi connectivity index (χ2v) is 7.23. The van der Waals surface area contributed by atoms with Gasteiger partial charge in [-0.1, -0.05) is 26.7 Å².